The van der Waals surface area contributed by atoms with Gasteiger partial charge in [0.25, 0.3) is 0 Å². The van der Waals surface area contributed by atoms with Crippen molar-refractivity contribution in [1.82, 2.24) is 0 Å². The third-order valence-corrected chi connectivity index (χ3v) is 4.52. The van der Waals surface area contributed by atoms with E-state index in [-0.39, 0.29) is 16.2 Å². The Kier molecular flexibility index (Phi) is 5.17. The highest BCUT2D eigenvalue weighted by molar-refractivity contribution is 7.99. The van der Waals surface area contributed by atoms with Crippen LogP contribution in [0.2, 0.25) is 0 Å². The highest BCUT2D eigenvalue weighted by atomic mass is 32.2. The molecule has 0 spiro atoms. The molecule has 3 rings (SSSR count). The molecule has 6 heteroatoms. The van der Waals surface area contributed by atoms with Gasteiger partial charge in [0.05, 0.1) is 4.90 Å². The second-order valence-corrected chi connectivity index (χ2v) is 6.17. The third-order valence-electron chi connectivity index (χ3n) is 3.44. The van der Waals surface area contributed by atoms with Gasteiger partial charge in [-0.15, -0.1) is 0 Å². The second kappa shape index (κ2) is 7.69. The summed E-state index contributed by atoms with van der Waals surface area (Å²) in [5.41, 5.74) is -1.01. The maximum Gasteiger partial charge on any atom is 0.179 e. The number of nitrogens with zero attached hydrogens (tertiary/aromatic N) is 2. The molecule has 0 amide bonds. The Labute approximate surface area is 153 Å². The summed E-state index contributed by atoms with van der Waals surface area (Å²) < 4.78 is 34.7. The molecule has 0 aliphatic carbocycles. The van der Waals surface area contributed by atoms with E-state index in [0.717, 1.165) is 11.8 Å². The van der Waals surface area contributed by atoms with Gasteiger partial charge >= 0.3 is 0 Å². The van der Waals surface area contributed by atoms with Gasteiger partial charge in [0.2, 0.25) is 0 Å². The number of ether oxygens (including phenoxy) is 1. The van der Waals surface area contributed by atoms with Crippen LogP contribution in [0.15, 0.2) is 70.5 Å². The van der Waals surface area contributed by atoms with Crippen molar-refractivity contribution in [2.45, 2.75) is 9.79 Å². The van der Waals surface area contributed by atoms with Crippen molar-refractivity contribution in [3.05, 3.63) is 83.4 Å². The summed E-state index contributed by atoms with van der Waals surface area (Å²) in [5, 5.41) is 18.6. The van der Waals surface area contributed by atoms with Crippen molar-refractivity contribution in [3.63, 3.8) is 0 Å². The average Bonchev–Trinajstić information content (AvgIpc) is 2.68. The molecule has 0 atom stereocenters. The van der Waals surface area contributed by atoms with Gasteiger partial charge in [-0.1, -0.05) is 48.2 Å². The lowest BCUT2D eigenvalue weighted by atomic mass is 10.1. The molecule has 126 valence electrons. The van der Waals surface area contributed by atoms with Crippen LogP contribution in [0.25, 0.3) is 0 Å². The van der Waals surface area contributed by atoms with Crippen molar-refractivity contribution >= 4 is 11.8 Å². The number of benzene rings is 3. The molecule has 26 heavy (non-hydrogen) atoms. The molecule has 0 N–H and O–H groups in total. The molecule has 0 aliphatic heterocycles. The van der Waals surface area contributed by atoms with Gasteiger partial charge in [0.15, 0.2) is 17.4 Å². The standard InChI is InChI=1S/C20H10F2N2OS/c21-17-15(11-23)16(12-24)19(25-13-7-3-1-4-8-13)20(18(17)22)26-14-9-5-2-6-10-14/h1-10H. The Hall–Kier alpha value is -3.35. The highest BCUT2D eigenvalue weighted by Crippen LogP contribution is 2.43. The summed E-state index contributed by atoms with van der Waals surface area (Å²) in [6.45, 7) is 0. The topological polar surface area (TPSA) is 56.8 Å². The van der Waals surface area contributed by atoms with Crippen molar-refractivity contribution < 1.29 is 13.5 Å². The van der Waals surface area contributed by atoms with Gasteiger partial charge in [-0.25, -0.2) is 8.78 Å². The fourth-order valence-corrected chi connectivity index (χ4v) is 3.20. The zero-order valence-corrected chi connectivity index (χ0v) is 14.1. The van der Waals surface area contributed by atoms with E-state index in [4.69, 9.17) is 10.00 Å². The molecule has 0 bridgehead atoms. The minimum absolute atomic E-state index is 0.178. The fraction of sp³-hybridized carbons (Fsp3) is 0. The van der Waals surface area contributed by atoms with Crippen LogP contribution in [0.1, 0.15) is 11.1 Å². The number of rotatable bonds is 4. The lowest BCUT2D eigenvalue weighted by molar-refractivity contribution is 0.435. The van der Waals surface area contributed by atoms with E-state index in [9.17, 15) is 14.0 Å². The van der Waals surface area contributed by atoms with Crippen molar-refractivity contribution in [2.24, 2.45) is 0 Å². The first-order valence-corrected chi connectivity index (χ1v) is 8.28. The lowest BCUT2D eigenvalue weighted by Crippen LogP contribution is -2.02. The molecule has 0 aliphatic rings. The van der Waals surface area contributed by atoms with Crippen molar-refractivity contribution in [1.29, 1.82) is 10.5 Å². The monoisotopic (exact) mass is 364 g/mol. The van der Waals surface area contributed by atoms with E-state index in [1.54, 1.807) is 72.8 Å². The first kappa shape index (κ1) is 17.5. The maximum absolute atomic E-state index is 14.7. The van der Waals surface area contributed by atoms with Crippen LogP contribution in [0.3, 0.4) is 0 Å². The van der Waals surface area contributed by atoms with Crippen LogP contribution in [-0.2, 0) is 0 Å². The predicted molar refractivity (Wildman–Crippen MR) is 92.9 cm³/mol. The first-order valence-electron chi connectivity index (χ1n) is 7.46. The smallest absolute Gasteiger partial charge is 0.179 e. The van der Waals surface area contributed by atoms with E-state index in [2.05, 4.69) is 0 Å². The van der Waals surface area contributed by atoms with E-state index >= 15 is 0 Å². The third kappa shape index (κ3) is 3.37. The van der Waals surface area contributed by atoms with Gasteiger partial charge in [0, 0.05) is 4.90 Å². The summed E-state index contributed by atoms with van der Waals surface area (Å²) in [5.74, 6) is -2.42. The zero-order valence-electron chi connectivity index (χ0n) is 13.2. The summed E-state index contributed by atoms with van der Waals surface area (Å²) in [4.78, 5) is 0.449. The molecular formula is C20H10F2N2OS. The molecule has 3 aromatic carbocycles. The van der Waals surface area contributed by atoms with E-state index in [1.807, 2.05) is 0 Å². The Morgan fingerprint density at radius 1 is 0.769 bits per heavy atom. The minimum Gasteiger partial charge on any atom is -0.455 e. The van der Waals surface area contributed by atoms with Gasteiger partial charge < -0.3 is 4.74 Å². The van der Waals surface area contributed by atoms with E-state index in [0.29, 0.717) is 10.6 Å². The minimum atomic E-state index is -1.36. The van der Waals surface area contributed by atoms with E-state index in [1.165, 1.54) is 0 Å². The van der Waals surface area contributed by atoms with Crippen LogP contribution in [-0.4, -0.2) is 0 Å². The Bertz CT molecular complexity index is 1030. The SMILES string of the molecule is N#Cc1c(F)c(F)c(Sc2ccccc2)c(Oc2ccccc2)c1C#N. The molecule has 0 saturated heterocycles. The molecule has 0 radical (unpaired) electrons. The van der Waals surface area contributed by atoms with Crippen molar-refractivity contribution in [3.8, 4) is 23.6 Å². The number of hydrogen-bond donors (Lipinski definition) is 0. The molecule has 0 heterocycles. The predicted octanol–water partition coefficient (Wildman–Crippen LogP) is 5.65. The van der Waals surface area contributed by atoms with Crippen LogP contribution in [0, 0.1) is 34.3 Å². The molecular weight excluding hydrogens is 354 g/mol. The van der Waals surface area contributed by atoms with Gasteiger partial charge in [0.1, 0.15) is 29.0 Å². The van der Waals surface area contributed by atoms with Crippen LogP contribution >= 0.6 is 11.8 Å². The largest absolute Gasteiger partial charge is 0.455 e. The quantitative estimate of drug-likeness (QED) is 0.600. The number of para-hydroxylation sites is 1. The van der Waals surface area contributed by atoms with Crippen LogP contribution in [0.4, 0.5) is 8.78 Å². The number of hydrogen-bond acceptors (Lipinski definition) is 4. The molecule has 0 unspecified atom stereocenters. The van der Waals surface area contributed by atoms with Gasteiger partial charge in [-0.05, 0) is 24.3 Å². The molecule has 0 aromatic heterocycles. The molecule has 3 aromatic rings. The fourth-order valence-electron chi connectivity index (χ4n) is 2.26. The Balaban J connectivity index is 2.22. The molecule has 0 saturated carbocycles. The van der Waals surface area contributed by atoms with Gasteiger partial charge in [-0.2, -0.15) is 10.5 Å². The first-order chi connectivity index (χ1) is 12.7. The molecule has 3 nitrogen and oxygen atoms in total. The number of halogens is 2. The van der Waals surface area contributed by atoms with E-state index < -0.39 is 17.2 Å². The molecule has 0 fully saturated rings. The normalized spacial score (nSPS) is 10.0. The Morgan fingerprint density at radius 2 is 1.35 bits per heavy atom. The summed E-state index contributed by atoms with van der Waals surface area (Å²) >= 11 is 0.922. The summed E-state index contributed by atoms with van der Waals surface area (Å²) in [7, 11) is 0. The lowest BCUT2D eigenvalue weighted by Gasteiger charge is -2.15. The second-order valence-electron chi connectivity index (χ2n) is 5.09. The summed E-state index contributed by atoms with van der Waals surface area (Å²) in [6.07, 6.45) is 0. The maximum atomic E-state index is 14.7. The Morgan fingerprint density at radius 3 is 1.92 bits per heavy atom. The van der Waals surface area contributed by atoms with Crippen LogP contribution < -0.4 is 4.74 Å². The van der Waals surface area contributed by atoms with Crippen LogP contribution in [0.5, 0.6) is 11.5 Å². The highest BCUT2D eigenvalue weighted by Gasteiger charge is 2.27. The zero-order chi connectivity index (χ0) is 18.5. The number of nitriles is 2. The average molecular weight is 364 g/mol. The van der Waals surface area contributed by atoms with Gasteiger partial charge in [-0.3, -0.25) is 0 Å². The van der Waals surface area contributed by atoms with Crippen molar-refractivity contribution in [2.75, 3.05) is 0 Å². The summed E-state index contributed by atoms with van der Waals surface area (Å²) in [6, 6.07) is 20.5.